The third-order valence-corrected chi connectivity index (χ3v) is 11.0. The molecule has 7 rings (SSSR count). The second-order valence-electron chi connectivity index (χ2n) is 11.9. The van der Waals surface area contributed by atoms with Crippen LogP contribution in [-0.2, 0) is 4.79 Å². The predicted octanol–water partition coefficient (Wildman–Crippen LogP) is 5.24. The number of nitrogens with zero attached hydrogens (tertiary/aromatic N) is 4. The lowest BCUT2D eigenvalue weighted by molar-refractivity contribution is -0.132. The molecule has 5 fully saturated rings. The number of likely N-dealkylation sites (tertiary alicyclic amines) is 1. The molecule has 5 aliphatic rings. The molecule has 2 bridgehead atoms. The fourth-order valence-electron chi connectivity index (χ4n) is 8.41. The number of amides is 1. The number of allylic oxidation sites excluding steroid dienone is 1. The number of hydrogen-bond donors (Lipinski definition) is 0. The minimum absolute atomic E-state index is 0.276. The van der Waals surface area contributed by atoms with E-state index in [4.69, 9.17) is 4.37 Å². The van der Waals surface area contributed by atoms with Crippen LogP contribution in [0.5, 0.6) is 0 Å². The Morgan fingerprint density at radius 2 is 1.63 bits per heavy atom. The second kappa shape index (κ2) is 8.88. The van der Waals surface area contributed by atoms with Crippen molar-refractivity contribution in [3.05, 3.63) is 36.5 Å². The Balaban J connectivity index is 0.986. The van der Waals surface area contributed by atoms with Gasteiger partial charge in [-0.1, -0.05) is 31.6 Å². The fourth-order valence-corrected chi connectivity index (χ4v) is 9.20. The molecule has 3 saturated carbocycles. The van der Waals surface area contributed by atoms with Crippen molar-refractivity contribution >= 4 is 33.3 Å². The smallest absolute Gasteiger partial charge is 0.230 e. The number of aromatic nitrogens is 1. The van der Waals surface area contributed by atoms with E-state index in [1.807, 2.05) is 0 Å². The van der Waals surface area contributed by atoms with E-state index in [0.29, 0.717) is 29.6 Å². The van der Waals surface area contributed by atoms with E-state index in [-0.39, 0.29) is 5.92 Å². The van der Waals surface area contributed by atoms with Crippen molar-refractivity contribution in [2.75, 3.05) is 44.2 Å². The van der Waals surface area contributed by atoms with Gasteiger partial charge in [-0.25, -0.2) is 0 Å². The van der Waals surface area contributed by atoms with Gasteiger partial charge in [-0.3, -0.25) is 9.69 Å². The van der Waals surface area contributed by atoms with Crippen molar-refractivity contribution in [1.82, 2.24) is 14.2 Å². The molecule has 2 aliphatic heterocycles. The summed E-state index contributed by atoms with van der Waals surface area (Å²) in [4.78, 5) is 20.8. The molecule has 6 heteroatoms. The van der Waals surface area contributed by atoms with Crippen LogP contribution in [0, 0.1) is 35.5 Å². The highest BCUT2D eigenvalue weighted by atomic mass is 32.1. The highest BCUT2D eigenvalue weighted by Crippen LogP contribution is 2.59. The predicted molar refractivity (Wildman–Crippen MR) is 142 cm³/mol. The second-order valence-corrected chi connectivity index (χ2v) is 12.7. The molecule has 1 aromatic heterocycles. The highest BCUT2D eigenvalue weighted by molar-refractivity contribution is 7.13. The van der Waals surface area contributed by atoms with Gasteiger partial charge in [-0.2, -0.15) is 4.37 Å². The van der Waals surface area contributed by atoms with E-state index in [1.165, 1.54) is 73.1 Å². The minimum Gasteiger partial charge on any atom is -0.353 e. The summed E-state index contributed by atoms with van der Waals surface area (Å²) < 4.78 is 6.07. The molecule has 1 amide bonds. The Labute approximate surface area is 213 Å². The van der Waals surface area contributed by atoms with Crippen molar-refractivity contribution in [2.24, 2.45) is 35.5 Å². The number of fused-ring (bicyclic) bond motifs is 6. The van der Waals surface area contributed by atoms with Gasteiger partial charge in [0.15, 0.2) is 0 Å². The first-order valence-corrected chi connectivity index (χ1v) is 14.8. The van der Waals surface area contributed by atoms with Crippen LogP contribution in [0.2, 0.25) is 0 Å². The van der Waals surface area contributed by atoms with Gasteiger partial charge in [-0.05, 0) is 79.4 Å². The molecule has 6 atom stereocenters. The van der Waals surface area contributed by atoms with Crippen LogP contribution in [0.4, 0.5) is 5.82 Å². The Hall–Kier alpha value is -1.92. The largest absolute Gasteiger partial charge is 0.353 e. The maximum absolute atomic E-state index is 13.4. The summed E-state index contributed by atoms with van der Waals surface area (Å²) >= 11 is 1.62. The summed E-state index contributed by atoms with van der Waals surface area (Å²) in [5, 5.41) is 1.30. The molecular weight excluding hydrogens is 452 g/mol. The summed E-state index contributed by atoms with van der Waals surface area (Å²) in [6.07, 6.45) is 9.12. The van der Waals surface area contributed by atoms with Crippen LogP contribution in [-0.4, -0.2) is 59.3 Å². The summed E-state index contributed by atoms with van der Waals surface area (Å²) in [6.45, 7) is 10.9. The molecule has 5 nitrogen and oxygen atoms in total. The van der Waals surface area contributed by atoms with Gasteiger partial charge < -0.3 is 9.80 Å². The first-order valence-electron chi connectivity index (χ1n) is 14.0. The van der Waals surface area contributed by atoms with E-state index < -0.39 is 0 Å². The molecule has 0 spiro atoms. The molecule has 0 radical (unpaired) electrons. The third-order valence-electron chi connectivity index (χ3n) is 10.2. The van der Waals surface area contributed by atoms with Gasteiger partial charge >= 0.3 is 0 Å². The lowest BCUT2D eigenvalue weighted by Gasteiger charge is -2.41. The monoisotopic (exact) mass is 490 g/mol. The molecule has 2 aromatic rings. The molecule has 3 heterocycles. The number of rotatable bonds is 5. The zero-order valence-corrected chi connectivity index (χ0v) is 21.6. The van der Waals surface area contributed by atoms with Crippen LogP contribution in [0.3, 0.4) is 0 Å². The average molecular weight is 491 g/mol. The molecular formula is C29H38N4OS. The molecule has 0 N–H and O–H groups in total. The number of hydrogen-bond acceptors (Lipinski definition) is 5. The Bertz CT molecular complexity index is 1090. The van der Waals surface area contributed by atoms with Crippen LogP contribution in [0.25, 0.3) is 10.1 Å². The number of benzene rings is 1. The van der Waals surface area contributed by atoms with Crippen molar-refractivity contribution in [3.8, 4) is 0 Å². The van der Waals surface area contributed by atoms with Gasteiger partial charge in [0.1, 0.15) is 5.82 Å². The minimum atomic E-state index is 0.276. The van der Waals surface area contributed by atoms with E-state index in [0.717, 1.165) is 38.6 Å². The molecule has 5 unspecified atom stereocenters. The zero-order valence-electron chi connectivity index (χ0n) is 20.8. The third kappa shape index (κ3) is 3.74. The summed E-state index contributed by atoms with van der Waals surface area (Å²) in [5.41, 5.74) is 1.18. The summed E-state index contributed by atoms with van der Waals surface area (Å²) in [7, 11) is 0. The van der Waals surface area contributed by atoms with Crippen molar-refractivity contribution in [3.63, 3.8) is 0 Å². The van der Waals surface area contributed by atoms with E-state index in [1.54, 1.807) is 11.5 Å². The first kappa shape index (κ1) is 22.3. The quantitative estimate of drug-likeness (QED) is 0.574. The topological polar surface area (TPSA) is 39.7 Å². The molecule has 1 aromatic carbocycles. The van der Waals surface area contributed by atoms with E-state index in [9.17, 15) is 4.79 Å². The van der Waals surface area contributed by atoms with E-state index in [2.05, 4.69) is 45.5 Å². The average Bonchev–Trinajstić information content (AvgIpc) is 3.66. The summed E-state index contributed by atoms with van der Waals surface area (Å²) in [5.74, 6) is 5.06. The fraction of sp³-hybridized carbons (Fsp3) is 0.655. The maximum Gasteiger partial charge on any atom is 0.230 e. The van der Waals surface area contributed by atoms with Crippen molar-refractivity contribution in [1.29, 1.82) is 0 Å². The Morgan fingerprint density at radius 1 is 0.914 bits per heavy atom. The molecule has 186 valence electrons. The van der Waals surface area contributed by atoms with Crippen LogP contribution in [0.1, 0.15) is 44.9 Å². The van der Waals surface area contributed by atoms with Crippen molar-refractivity contribution < 1.29 is 4.79 Å². The molecule has 3 aliphatic carbocycles. The molecule has 35 heavy (non-hydrogen) atoms. The van der Waals surface area contributed by atoms with E-state index >= 15 is 0 Å². The standard InChI is InChI=1S/C29H38N4OS/c1-19-26-20-10-11-21(16-20)27(26)29(34)33(19)18-23-7-3-2-6-22(23)17-31-12-14-32(15-13-31)28-24-8-4-5-9-25(24)35-30-28/h4-5,8-9,20-23,26-27H,1-3,6-7,10-18H2/t20?,21?,22-,23?,26?,27?/m0/s1. The van der Waals surface area contributed by atoms with Gasteiger partial charge in [-0.15, -0.1) is 0 Å². The lowest BCUT2D eigenvalue weighted by atomic mass is 9.78. The Kier molecular flexibility index (Phi) is 5.65. The normalized spacial score (nSPS) is 35.4. The number of carbonyl (C=O) groups excluding carboxylic acids is 1. The van der Waals surface area contributed by atoms with Gasteiger partial charge in [0.05, 0.1) is 4.70 Å². The lowest BCUT2D eigenvalue weighted by Crippen LogP contribution is -2.49. The van der Waals surface area contributed by atoms with Gasteiger partial charge in [0.2, 0.25) is 5.91 Å². The number of piperazine rings is 1. The zero-order chi connectivity index (χ0) is 23.5. The van der Waals surface area contributed by atoms with Crippen LogP contribution >= 0.6 is 11.5 Å². The SMILES string of the molecule is C=C1C2C3CCC(C3)C2C(=O)N1CC1CCCC[C@H]1CN1CCN(c2nsc3ccccc23)CC1. The number of carbonyl (C=O) groups is 1. The van der Waals surface area contributed by atoms with Crippen molar-refractivity contribution in [2.45, 2.75) is 44.9 Å². The Morgan fingerprint density at radius 3 is 2.40 bits per heavy atom. The first-order chi connectivity index (χ1) is 17.2. The highest BCUT2D eigenvalue weighted by Gasteiger charge is 2.58. The number of anilines is 1. The summed E-state index contributed by atoms with van der Waals surface area (Å²) in [6, 6.07) is 8.61. The maximum atomic E-state index is 13.4. The molecule has 2 saturated heterocycles. The van der Waals surface area contributed by atoms with Crippen LogP contribution in [0.15, 0.2) is 36.5 Å². The van der Waals surface area contributed by atoms with Gasteiger partial charge in [0, 0.05) is 62.2 Å². The van der Waals surface area contributed by atoms with Gasteiger partial charge in [0.25, 0.3) is 0 Å². The van der Waals surface area contributed by atoms with Crippen LogP contribution < -0.4 is 4.90 Å².